The lowest BCUT2D eigenvalue weighted by atomic mass is 10.2. The first-order chi connectivity index (χ1) is 8.28. The number of benzene rings is 1. The van der Waals surface area contributed by atoms with Gasteiger partial charge < -0.3 is 0 Å². The molecule has 3 nitrogen and oxygen atoms in total. The zero-order chi connectivity index (χ0) is 11.8. The maximum absolute atomic E-state index is 10.8. The third-order valence-electron chi connectivity index (χ3n) is 2.92. The number of aromatic nitrogens is 2. The van der Waals surface area contributed by atoms with E-state index in [-0.39, 0.29) is 0 Å². The molecule has 1 aromatic heterocycles. The Balaban J connectivity index is 2.12. The number of halogens is 1. The van der Waals surface area contributed by atoms with E-state index in [0.29, 0.717) is 11.6 Å². The van der Waals surface area contributed by atoms with Crippen molar-refractivity contribution in [2.24, 2.45) is 0 Å². The molecule has 0 spiro atoms. The van der Waals surface area contributed by atoms with Gasteiger partial charge in [-0.05, 0) is 37.1 Å². The van der Waals surface area contributed by atoms with E-state index in [0.717, 1.165) is 22.1 Å². The molecule has 0 N–H and O–H groups in total. The Kier molecular flexibility index (Phi) is 2.59. The molecular weight excluding hydrogens is 280 g/mol. The SMILES string of the molecule is O=Cc1cc(C2CC2)n(-c2cccc(Br)c2)n1. The first kappa shape index (κ1) is 10.7. The van der Waals surface area contributed by atoms with Crippen LogP contribution in [0.5, 0.6) is 0 Å². The second-order valence-corrected chi connectivity index (χ2v) is 5.19. The van der Waals surface area contributed by atoms with Crippen LogP contribution >= 0.6 is 15.9 Å². The highest BCUT2D eigenvalue weighted by Gasteiger charge is 2.28. The minimum absolute atomic E-state index is 0.506. The lowest BCUT2D eigenvalue weighted by molar-refractivity contribution is 0.111. The van der Waals surface area contributed by atoms with Gasteiger partial charge in [-0.1, -0.05) is 22.0 Å². The zero-order valence-electron chi connectivity index (χ0n) is 9.14. The van der Waals surface area contributed by atoms with Crippen LogP contribution in [0.4, 0.5) is 0 Å². The van der Waals surface area contributed by atoms with E-state index in [1.807, 2.05) is 35.0 Å². The summed E-state index contributed by atoms with van der Waals surface area (Å²) in [7, 11) is 0. The zero-order valence-corrected chi connectivity index (χ0v) is 10.7. The molecule has 1 aromatic carbocycles. The van der Waals surface area contributed by atoms with Gasteiger partial charge in [0, 0.05) is 16.1 Å². The number of carbonyl (C=O) groups is 1. The van der Waals surface area contributed by atoms with Gasteiger partial charge in [0.2, 0.25) is 0 Å². The van der Waals surface area contributed by atoms with Gasteiger partial charge in [-0.3, -0.25) is 4.79 Å². The lowest BCUT2D eigenvalue weighted by Crippen LogP contribution is -2.01. The van der Waals surface area contributed by atoms with Gasteiger partial charge >= 0.3 is 0 Å². The van der Waals surface area contributed by atoms with Crippen LogP contribution in [0.1, 0.15) is 34.9 Å². The quantitative estimate of drug-likeness (QED) is 0.813. The van der Waals surface area contributed by atoms with Gasteiger partial charge in [0.1, 0.15) is 5.69 Å². The van der Waals surface area contributed by atoms with Crippen LogP contribution in [0.3, 0.4) is 0 Å². The van der Waals surface area contributed by atoms with E-state index in [1.54, 1.807) is 0 Å². The Bertz CT molecular complexity index is 573. The van der Waals surface area contributed by atoms with E-state index >= 15 is 0 Å². The molecular formula is C13H11BrN2O. The number of carbonyl (C=O) groups excluding carboxylic acids is 1. The highest BCUT2D eigenvalue weighted by atomic mass is 79.9. The fourth-order valence-corrected chi connectivity index (χ4v) is 2.34. The van der Waals surface area contributed by atoms with E-state index in [2.05, 4.69) is 21.0 Å². The Morgan fingerprint density at radius 3 is 2.82 bits per heavy atom. The molecule has 4 heteroatoms. The molecule has 2 aromatic rings. The standard InChI is InChI=1S/C13H11BrN2O/c14-10-2-1-3-12(6-10)16-13(9-4-5-9)7-11(8-17)15-16/h1-3,6-9H,4-5H2. The topological polar surface area (TPSA) is 34.9 Å². The summed E-state index contributed by atoms with van der Waals surface area (Å²) in [4.78, 5) is 10.8. The summed E-state index contributed by atoms with van der Waals surface area (Å²) in [5, 5.41) is 4.33. The minimum Gasteiger partial charge on any atom is -0.296 e. The largest absolute Gasteiger partial charge is 0.296 e. The van der Waals surface area contributed by atoms with Gasteiger partial charge in [0.15, 0.2) is 6.29 Å². The van der Waals surface area contributed by atoms with E-state index in [1.165, 1.54) is 12.8 Å². The van der Waals surface area contributed by atoms with Crippen molar-refractivity contribution in [2.45, 2.75) is 18.8 Å². The molecule has 1 aliphatic rings. The molecule has 1 aliphatic carbocycles. The van der Waals surface area contributed by atoms with E-state index in [9.17, 15) is 4.79 Å². The molecule has 0 aliphatic heterocycles. The molecule has 1 saturated carbocycles. The number of nitrogens with zero attached hydrogens (tertiary/aromatic N) is 2. The van der Waals surface area contributed by atoms with Crippen molar-refractivity contribution in [1.29, 1.82) is 0 Å². The second-order valence-electron chi connectivity index (χ2n) is 4.28. The third-order valence-corrected chi connectivity index (χ3v) is 3.42. The van der Waals surface area contributed by atoms with Crippen LogP contribution in [0.15, 0.2) is 34.8 Å². The number of aldehydes is 1. The van der Waals surface area contributed by atoms with Crippen LogP contribution in [-0.4, -0.2) is 16.1 Å². The molecule has 0 radical (unpaired) electrons. The first-order valence-electron chi connectivity index (χ1n) is 5.59. The highest BCUT2D eigenvalue weighted by molar-refractivity contribution is 9.10. The number of rotatable bonds is 3. The molecule has 86 valence electrons. The summed E-state index contributed by atoms with van der Waals surface area (Å²) in [5.74, 6) is 0.565. The van der Waals surface area contributed by atoms with Gasteiger partial charge in [-0.15, -0.1) is 0 Å². The van der Waals surface area contributed by atoms with Crippen LogP contribution < -0.4 is 0 Å². The minimum atomic E-state index is 0.506. The van der Waals surface area contributed by atoms with Crippen molar-refractivity contribution in [2.75, 3.05) is 0 Å². The van der Waals surface area contributed by atoms with E-state index in [4.69, 9.17) is 0 Å². The number of hydrogen-bond donors (Lipinski definition) is 0. The van der Waals surface area contributed by atoms with Gasteiger partial charge in [0.25, 0.3) is 0 Å². The smallest absolute Gasteiger partial charge is 0.170 e. The Morgan fingerprint density at radius 2 is 2.18 bits per heavy atom. The predicted molar refractivity (Wildman–Crippen MR) is 68.6 cm³/mol. The summed E-state index contributed by atoms with van der Waals surface area (Å²) in [6, 6.07) is 9.85. The average molecular weight is 291 g/mol. The monoisotopic (exact) mass is 290 g/mol. The summed E-state index contributed by atoms with van der Waals surface area (Å²) in [6.07, 6.45) is 3.19. The van der Waals surface area contributed by atoms with Gasteiger partial charge in [-0.25, -0.2) is 4.68 Å². The second kappa shape index (κ2) is 4.11. The summed E-state index contributed by atoms with van der Waals surface area (Å²) < 4.78 is 2.89. The molecule has 0 atom stereocenters. The summed E-state index contributed by atoms with van der Waals surface area (Å²) in [5.41, 5.74) is 2.64. The lowest BCUT2D eigenvalue weighted by Gasteiger charge is -2.06. The fraction of sp³-hybridized carbons (Fsp3) is 0.231. The third kappa shape index (κ3) is 2.05. The first-order valence-corrected chi connectivity index (χ1v) is 6.38. The van der Waals surface area contributed by atoms with Gasteiger partial charge in [0.05, 0.1) is 5.69 Å². The Morgan fingerprint density at radius 1 is 1.35 bits per heavy atom. The predicted octanol–water partition coefficient (Wildman–Crippen LogP) is 3.32. The van der Waals surface area contributed by atoms with Crippen molar-refractivity contribution < 1.29 is 4.79 Å². The van der Waals surface area contributed by atoms with Crippen LogP contribution in [0, 0.1) is 0 Å². The molecule has 0 unspecified atom stereocenters. The van der Waals surface area contributed by atoms with Crippen molar-refractivity contribution >= 4 is 22.2 Å². The molecule has 1 heterocycles. The van der Waals surface area contributed by atoms with Crippen LogP contribution in [0.25, 0.3) is 5.69 Å². The molecule has 3 rings (SSSR count). The molecule has 0 bridgehead atoms. The van der Waals surface area contributed by atoms with Crippen molar-refractivity contribution in [3.05, 3.63) is 46.2 Å². The molecule has 0 saturated heterocycles. The van der Waals surface area contributed by atoms with Crippen molar-refractivity contribution in [1.82, 2.24) is 9.78 Å². The van der Waals surface area contributed by atoms with Crippen LogP contribution in [-0.2, 0) is 0 Å². The fourth-order valence-electron chi connectivity index (χ4n) is 1.96. The van der Waals surface area contributed by atoms with Gasteiger partial charge in [-0.2, -0.15) is 5.10 Å². The molecule has 0 amide bonds. The highest BCUT2D eigenvalue weighted by Crippen LogP contribution is 2.41. The summed E-state index contributed by atoms with van der Waals surface area (Å²) in [6.45, 7) is 0. The molecule has 17 heavy (non-hydrogen) atoms. The summed E-state index contributed by atoms with van der Waals surface area (Å²) >= 11 is 3.45. The maximum Gasteiger partial charge on any atom is 0.170 e. The Hall–Kier alpha value is -1.42. The van der Waals surface area contributed by atoms with Crippen molar-refractivity contribution in [3.8, 4) is 5.69 Å². The van der Waals surface area contributed by atoms with Crippen molar-refractivity contribution in [3.63, 3.8) is 0 Å². The Labute approximate surface area is 108 Å². The number of hydrogen-bond acceptors (Lipinski definition) is 2. The maximum atomic E-state index is 10.8. The average Bonchev–Trinajstić information content (AvgIpc) is 3.08. The van der Waals surface area contributed by atoms with Crippen LogP contribution in [0.2, 0.25) is 0 Å². The molecule has 1 fully saturated rings. The normalized spacial score (nSPS) is 14.9. The van der Waals surface area contributed by atoms with E-state index < -0.39 is 0 Å².